The molecule has 0 aromatic heterocycles. The van der Waals surface area contributed by atoms with Crippen molar-refractivity contribution < 1.29 is 30.8 Å². The second-order valence-corrected chi connectivity index (χ2v) is 4.29. The Morgan fingerprint density at radius 1 is 0.812 bits per heavy atom. The van der Waals surface area contributed by atoms with Gasteiger partial charge < -0.3 is 4.43 Å². The number of alkyl halides is 6. The number of hydrogen-bond acceptors (Lipinski definition) is 1. The molecule has 0 aliphatic rings. The molecule has 0 aromatic rings. The molecule has 0 aliphatic carbocycles. The van der Waals surface area contributed by atoms with Crippen molar-refractivity contribution in [1.82, 2.24) is 0 Å². The van der Waals surface area contributed by atoms with Crippen LogP contribution in [0, 0.1) is 0 Å². The molecule has 0 bridgehead atoms. The zero-order valence-corrected chi connectivity index (χ0v) is 11.0. The van der Waals surface area contributed by atoms with Gasteiger partial charge in [-0.25, -0.2) is 0 Å². The maximum Gasteiger partial charge on any atom is 0.389 e. The van der Waals surface area contributed by atoms with Crippen LogP contribution < -0.4 is 0 Å². The Bertz CT molecular complexity index is 194. The summed E-state index contributed by atoms with van der Waals surface area (Å²) in [6, 6.07) is 0. The van der Waals surface area contributed by atoms with Gasteiger partial charge >= 0.3 is 12.4 Å². The molecule has 0 amide bonds. The molecule has 0 fully saturated rings. The summed E-state index contributed by atoms with van der Waals surface area (Å²) >= 11 is 0. The fraction of sp³-hybridized carbons (Fsp3) is 1.00. The van der Waals surface area contributed by atoms with Crippen LogP contribution in [0.15, 0.2) is 0 Å². The number of rotatable bonds is 5. The number of hydrogen-bond donors (Lipinski definition) is 0. The van der Waals surface area contributed by atoms with Gasteiger partial charge in [0.05, 0.1) is 5.60 Å². The quantitative estimate of drug-likeness (QED) is 0.550. The first kappa shape index (κ1) is 15.8. The highest BCUT2D eigenvalue weighted by Crippen LogP contribution is 2.33. The van der Waals surface area contributed by atoms with Crippen molar-refractivity contribution in [2.45, 2.75) is 50.6 Å². The molecule has 0 aliphatic heterocycles. The first-order valence-corrected chi connectivity index (χ1v) is 5.48. The summed E-state index contributed by atoms with van der Waals surface area (Å²) in [6.07, 6.45) is -11.8. The molecule has 0 N–H and O–H groups in total. The molecule has 0 atom stereocenters. The standard InChI is InChI=1S/C8H14F6OSi/c1-6(15-16,2-4-7(9,10)11)3-5-8(12,13)14/h2-5H2,1,16H3. The summed E-state index contributed by atoms with van der Waals surface area (Å²) in [4.78, 5) is 0. The van der Waals surface area contributed by atoms with E-state index >= 15 is 0 Å². The Labute approximate surface area is 92.7 Å². The molecule has 0 saturated heterocycles. The first-order chi connectivity index (χ1) is 6.97. The van der Waals surface area contributed by atoms with Crippen LogP contribution in [0.25, 0.3) is 0 Å². The highest BCUT2D eigenvalue weighted by Gasteiger charge is 2.36. The Hall–Kier alpha value is -0.243. The Morgan fingerprint density at radius 3 is 1.31 bits per heavy atom. The van der Waals surface area contributed by atoms with E-state index < -0.39 is 43.6 Å². The van der Waals surface area contributed by atoms with E-state index in [-0.39, 0.29) is 10.5 Å². The third-order valence-electron chi connectivity index (χ3n) is 2.37. The molecule has 8 heteroatoms. The second-order valence-electron chi connectivity index (χ2n) is 3.88. The lowest BCUT2D eigenvalue weighted by Gasteiger charge is -2.29. The van der Waals surface area contributed by atoms with E-state index in [1.165, 1.54) is 6.92 Å². The van der Waals surface area contributed by atoms with E-state index in [9.17, 15) is 26.3 Å². The lowest BCUT2D eigenvalue weighted by molar-refractivity contribution is -0.154. The van der Waals surface area contributed by atoms with Gasteiger partial charge in [0.15, 0.2) is 0 Å². The van der Waals surface area contributed by atoms with Gasteiger partial charge in [-0.2, -0.15) is 26.3 Å². The van der Waals surface area contributed by atoms with Crippen molar-refractivity contribution in [3.05, 3.63) is 0 Å². The van der Waals surface area contributed by atoms with E-state index in [4.69, 9.17) is 4.43 Å². The van der Waals surface area contributed by atoms with Crippen molar-refractivity contribution in [2.24, 2.45) is 0 Å². The SMILES string of the molecule is CC(CCC(F)(F)F)(CCC(F)(F)F)O[SiH3]. The highest BCUT2D eigenvalue weighted by atomic mass is 28.2. The van der Waals surface area contributed by atoms with Crippen LogP contribution in [0.4, 0.5) is 26.3 Å². The summed E-state index contributed by atoms with van der Waals surface area (Å²) in [5, 5.41) is 0. The minimum Gasteiger partial charge on any atom is -0.423 e. The van der Waals surface area contributed by atoms with Gasteiger partial charge in [-0.05, 0) is 19.8 Å². The van der Waals surface area contributed by atoms with Crippen molar-refractivity contribution in [3.63, 3.8) is 0 Å². The maximum absolute atomic E-state index is 11.9. The fourth-order valence-corrected chi connectivity index (χ4v) is 1.55. The number of halogens is 6. The van der Waals surface area contributed by atoms with Crippen LogP contribution in [-0.4, -0.2) is 28.4 Å². The average Bonchev–Trinajstić information content (AvgIpc) is 2.09. The maximum atomic E-state index is 11.9. The molecular weight excluding hydrogens is 254 g/mol. The van der Waals surface area contributed by atoms with Crippen LogP contribution >= 0.6 is 0 Å². The molecule has 0 aromatic carbocycles. The van der Waals surface area contributed by atoms with E-state index in [2.05, 4.69) is 0 Å². The molecule has 16 heavy (non-hydrogen) atoms. The molecule has 0 heterocycles. The molecule has 98 valence electrons. The second kappa shape index (κ2) is 5.39. The van der Waals surface area contributed by atoms with Gasteiger partial charge in [-0.15, -0.1) is 0 Å². The fourth-order valence-electron chi connectivity index (χ4n) is 1.14. The Balaban J connectivity index is 4.21. The van der Waals surface area contributed by atoms with Gasteiger partial charge in [0.25, 0.3) is 0 Å². The summed E-state index contributed by atoms with van der Waals surface area (Å²) in [7, 11) is 0.114. The van der Waals surface area contributed by atoms with Crippen molar-refractivity contribution in [2.75, 3.05) is 0 Å². The lowest BCUT2D eigenvalue weighted by atomic mass is 9.94. The zero-order chi connectivity index (χ0) is 13.0. The van der Waals surface area contributed by atoms with Crippen LogP contribution in [-0.2, 0) is 4.43 Å². The zero-order valence-electron chi connectivity index (χ0n) is 9.00. The monoisotopic (exact) mass is 268 g/mol. The molecular formula is C8H14F6OSi. The highest BCUT2D eigenvalue weighted by molar-refractivity contribution is 5.98. The van der Waals surface area contributed by atoms with Gasteiger partial charge in [-0.3, -0.25) is 0 Å². The predicted molar refractivity (Wildman–Crippen MR) is 50.0 cm³/mol. The minimum atomic E-state index is -4.36. The average molecular weight is 268 g/mol. The van der Waals surface area contributed by atoms with E-state index in [1.54, 1.807) is 0 Å². The molecule has 0 rings (SSSR count). The lowest BCUT2D eigenvalue weighted by Crippen LogP contribution is -2.31. The van der Waals surface area contributed by atoms with Crippen molar-refractivity contribution in [3.8, 4) is 0 Å². The molecule has 1 nitrogen and oxygen atoms in total. The molecule has 0 spiro atoms. The summed E-state index contributed by atoms with van der Waals surface area (Å²) in [6.45, 7) is 1.29. The Morgan fingerprint density at radius 2 is 1.12 bits per heavy atom. The topological polar surface area (TPSA) is 9.23 Å². The normalized spacial score (nSPS) is 14.4. The predicted octanol–water partition coefficient (Wildman–Crippen LogP) is 2.73. The van der Waals surface area contributed by atoms with Crippen LogP contribution in [0.1, 0.15) is 32.6 Å². The van der Waals surface area contributed by atoms with Crippen LogP contribution in [0.5, 0.6) is 0 Å². The smallest absolute Gasteiger partial charge is 0.389 e. The molecule has 0 unspecified atom stereocenters. The summed E-state index contributed by atoms with van der Waals surface area (Å²) < 4.78 is 76.4. The Kier molecular flexibility index (Phi) is 5.31. The molecule has 0 saturated carbocycles. The van der Waals surface area contributed by atoms with Gasteiger partial charge in [0, 0.05) is 12.8 Å². The van der Waals surface area contributed by atoms with Gasteiger partial charge in [0.2, 0.25) is 0 Å². The third-order valence-corrected chi connectivity index (χ3v) is 3.35. The van der Waals surface area contributed by atoms with Crippen LogP contribution in [0.3, 0.4) is 0 Å². The van der Waals surface area contributed by atoms with E-state index in [0.29, 0.717) is 0 Å². The van der Waals surface area contributed by atoms with Gasteiger partial charge in [-0.1, -0.05) is 0 Å². The molecule has 0 radical (unpaired) electrons. The third kappa shape index (κ3) is 7.97. The largest absolute Gasteiger partial charge is 0.423 e. The summed E-state index contributed by atoms with van der Waals surface area (Å²) in [5.41, 5.74) is -1.32. The van der Waals surface area contributed by atoms with Crippen LogP contribution in [0.2, 0.25) is 0 Å². The van der Waals surface area contributed by atoms with E-state index in [1.807, 2.05) is 0 Å². The van der Waals surface area contributed by atoms with E-state index in [0.717, 1.165) is 0 Å². The van der Waals surface area contributed by atoms with Crippen molar-refractivity contribution >= 4 is 10.5 Å². The summed E-state index contributed by atoms with van der Waals surface area (Å²) in [5.74, 6) is 0. The minimum absolute atomic E-state index is 0.114. The van der Waals surface area contributed by atoms with Crippen molar-refractivity contribution in [1.29, 1.82) is 0 Å². The van der Waals surface area contributed by atoms with Gasteiger partial charge in [0.1, 0.15) is 10.5 Å². The first-order valence-electron chi connectivity index (χ1n) is 4.66.